The van der Waals surface area contributed by atoms with Gasteiger partial charge in [-0.05, 0) is 27.2 Å². The molecule has 0 saturated heterocycles. The van der Waals surface area contributed by atoms with Gasteiger partial charge in [0.25, 0.3) is 0 Å². The summed E-state index contributed by atoms with van der Waals surface area (Å²) in [5.41, 5.74) is -0.0119. The van der Waals surface area contributed by atoms with Crippen molar-refractivity contribution in [2.45, 2.75) is 39.2 Å². The SMILES string of the molecule is COCCOCCCN(CCC(=O)O)C(C)(C)C. The number of methoxy groups -OCH3 is 1. The molecule has 0 rings (SSSR count). The lowest BCUT2D eigenvalue weighted by Crippen LogP contribution is -2.43. The van der Waals surface area contributed by atoms with E-state index in [1.807, 2.05) is 0 Å². The lowest BCUT2D eigenvalue weighted by Gasteiger charge is -2.35. The highest BCUT2D eigenvalue weighted by atomic mass is 16.5. The largest absolute Gasteiger partial charge is 0.481 e. The number of hydrogen-bond donors (Lipinski definition) is 1. The molecule has 0 spiro atoms. The fourth-order valence-electron chi connectivity index (χ4n) is 1.62. The van der Waals surface area contributed by atoms with Crippen LogP contribution in [0.15, 0.2) is 0 Å². The monoisotopic (exact) mass is 261 g/mol. The van der Waals surface area contributed by atoms with Gasteiger partial charge in [0.2, 0.25) is 0 Å². The molecule has 0 aliphatic carbocycles. The number of ether oxygens (including phenoxy) is 2. The van der Waals surface area contributed by atoms with Gasteiger partial charge in [-0.15, -0.1) is 0 Å². The molecular weight excluding hydrogens is 234 g/mol. The molecule has 0 bridgehead atoms. The zero-order valence-electron chi connectivity index (χ0n) is 12.1. The molecular formula is C13H27NO4. The smallest absolute Gasteiger partial charge is 0.304 e. The van der Waals surface area contributed by atoms with Gasteiger partial charge in [0, 0.05) is 32.3 Å². The van der Waals surface area contributed by atoms with Crippen molar-refractivity contribution in [3.8, 4) is 0 Å². The first kappa shape index (κ1) is 17.4. The summed E-state index contributed by atoms with van der Waals surface area (Å²) in [5.74, 6) is -0.749. The third kappa shape index (κ3) is 9.39. The molecule has 0 aliphatic heterocycles. The first-order chi connectivity index (χ1) is 8.38. The number of carboxylic acids is 1. The molecule has 0 fully saturated rings. The standard InChI is InChI=1S/C13H27NO4/c1-13(2,3)14(8-6-12(15)16)7-5-9-18-11-10-17-4/h5-11H2,1-4H3,(H,15,16). The van der Waals surface area contributed by atoms with Crippen molar-refractivity contribution in [2.75, 3.05) is 40.0 Å². The molecule has 0 saturated carbocycles. The van der Waals surface area contributed by atoms with E-state index >= 15 is 0 Å². The predicted octanol–water partition coefficient (Wildman–Crippen LogP) is 1.61. The van der Waals surface area contributed by atoms with E-state index in [1.165, 1.54) is 0 Å². The quantitative estimate of drug-likeness (QED) is 0.605. The lowest BCUT2D eigenvalue weighted by molar-refractivity contribution is -0.137. The van der Waals surface area contributed by atoms with Gasteiger partial charge in [0.15, 0.2) is 0 Å². The van der Waals surface area contributed by atoms with Crippen LogP contribution in [0.3, 0.4) is 0 Å². The van der Waals surface area contributed by atoms with Crippen molar-refractivity contribution in [1.29, 1.82) is 0 Å². The van der Waals surface area contributed by atoms with Crippen molar-refractivity contribution >= 4 is 5.97 Å². The summed E-state index contributed by atoms with van der Waals surface area (Å²) in [4.78, 5) is 12.8. The van der Waals surface area contributed by atoms with E-state index in [-0.39, 0.29) is 12.0 Å². The minimum atomic E-state index is -0.749. The Morgan fingerprint density at radius 1 is 1.17 bits per heavy atom. The van der Waals surface area contributed by atoms with E-state index in [9.17, 15) is 4.79 Å². The summed E-state index contributed by atoms with van der Waals surface area (Å²) >= 11 is 0. The first-order valence-corrected chi connectivity index (χ1v) is 6.41. The van der Waals surface area contributed by atoms with E-state index < -0.39 is 5.97 Å². The fourth-order valence-corrected chi connectivity index (χ4v) is 1.62. The lowest BCUT2D eigenvalue weighted by atomic mass is 10.1. The summed E-state index contributed by atoms with van der Waals surface area (Å²) < 4.78 is 10.3. The second-order valence-electron chi connectivity index (χ2n) is 5.26. The highest BCUT2D eigenvalue weighted by Crippen LogP contribution is 2.14. The molecule has 18 heavy (non-hydrogen) atoms. The topological polar surface area (TPSA) is 59.0 Å². The maximum Gasteiger partial charge on any atom is 0.304 e. The number of nitrogens with zero attached hydrogens (tertiary/aromatic N) is 1. The number of hydrogen-bond acceptors (Lipinski definition) is 4. The van der Waals surface area contributed by atoms with Crippen LogP contribution in [-0.2, 0) is 14.3 Å². The van der Waals surface area contributed by atoms with Crippen molar-refractivity contribution in [2.24, 2.45) is 0 Å². The van der Waals surface area contributed by atoms with Crippen LogP contribution >= 0.6 is 0 Å². The number of rotatable bonds is 10. The van der Waals surface area contributed by atoms with Gasteiger partial charge >= 0.3 is 5.97 Å². The highest BCUT2D eigenvalue weighted by Gasteiger charge is 2.21. The normalized spacial score (nSPS) is 12.1. The average molecular weight is 261 g/mol. The molecule has 5 heteroatoms. The van der Waals surface area contributed by atoms with Crippen molar-refractivity contribution in [3.05, 3.63) is 0 Å². The molecule has 108 valence electrons. The fraction of sp³-hybridized carbons (Fsp3) is 0.923. The number of carbonyl (C=O) groups is 1. The van der Waals surface area contributed by atoms with Gasteiger partial charge in [-0.25, -0.2) is 0 Å². The molecule has 0 amide bonds. The van der Waals surface area contributed by atoms with Crippen LogP contribution < -0.4 is 0 Å². The molecule has 0 aromatic carbocycles. The third-order valence-corrected chi connectivity index (χ3v) is 2.69. The Morgan fingerprint density at radius 2 is 1.83 bits per heavy atom. The van der Waals surface area contributed by atoms with E-state index in [0.717, 1.165) is 13.0 Å². The number of aliphatic carboxylic acids is 1. The van der Waals surface area contributed by atoms with Crippen LogP contribution in [0.5, 0.6) is 0 Å². The minimum absolute atomic E-state index is 0.0119. The van der Waals surface area contributed by atoms with Crippen LogP contribution in [0.2, 0.25) is 0 Å². The molecule has 0 atom stereocenters. The van der Waals surface area contributed by atoms with Gasteiger partial charge < -0.3 is 14.6 Å². The molecule has 0 aliphatic rings. The van der Waals surface area contributed by atoms with Gasteiger partial charge in [-0.3, -0.25) is 9.69 Å². The van der Waals surface area contributed by atoms with E-state index in [1.54, 1.807) is 7.11 Å². The Bertz CT molecular complexity index is 226. The molecule has 1 N–H and O–H groups in total. The average Bonchev–Trinajstić information content (AvgIpc) is 2.25. The Kier molecular flexibility index (Phi) is 8.97. The van der Waals surface area contributed by atoms with Gasteiger partial charge in [0.1, 0.15) is 0 Å². The maximum absolute atomic E-state index is 10.6. The summed E-state index contributed by atoms with van der Waals surface area (Å²) in [6.07, 6.45) is 1.09. The van der Waals surface area contributed by atoms with Gasteiger partial charge in [-0.2, -0.15) is 0 Å². The maximum atomic E-state index is 10.6. The molecule has 0 radical (unpaired) electrons. The number of carboxylic acid groups (broad SMARTS) is 1. The second-order valence-corrected chi connectivity index (χ2v) is 5.26. The van der Waals surface area contributed by atoms with E-state index in [0.29, 0.717) is 26.4 Å². The summed E-state index contributed by atoms with van der Waals surface area (Å²) in [6.45, 7) is 9.63. The molecule has 0 unspecified atom stereocenters. The minimum Gasteiger partial charge on any atom is -0.481 e. The zero-order chi connectivity index (χ0) is 14.0. The van der Waals surface area contributed by atoms with E-state index in [4.69, 9.17) is 14.6 Å². The predicted molar refractivity (Wildman–Crippen MR) is 70.9 cm³/mol. The first-order valence-electron chi connectivity index (χ1n) is 6.41. The molecule has 0 aromatic heterocycles. The van der Waals surface area contributed by atoms with Crippen LogP contribution in [-0.4, -0.2) is 61.5 Å². The third-order valence-electron chi connectivity index (χ3n) is 2.69. The van der Waals surface area contributed by atoms with Crippen LogP contribution in [0, 0.1) is 0 Å². The Hall–Kier alpha value is -0.650. The zero-order valence-corrected chi connectivity index (χ0v) is 12.1. The summed E-state index contributed by atoms with van der Waals surface area (Å²) in [7, 11) is 1.65. The Morgan fingerprint density at radius 3 is 2.33 bits per heavy atom. The van der Waals surface area contributed by atoms with Crippen molar-refractivity contribution < 1.29 is 19.4 Å². The molecule has 0 heterocycles. The van der Waals surface area contributed by atoms with Crippen molar-refractivity contribution in [1.82, 2.24) is 4.90 Å². The Balaban J connectivity index is 3.84. The van der Waals surface area contributed by atoms with Crippen LogP contribution in [0.1, 0.15) is 33.6 Å². The van der Waals surface area contributed by atoms with Gasteiger partial charge in [0.05, 0.1) is 19.6 Å². The van der Waals surface area contributed by atoms with Crippen LogP contribution in [0.4, 0.5) is 0 Å². The van der Waals surface area contributed by atoms with Crippen LogP contribution in [0.25, 0.3) is 0 Å². The van der Waals surface area contributed by atoms with E-state index in [2.05, 4.69) is 25.7 Å². The highest BCUT2D eigenvalue weighted by molar-refractivity contribution is 5.66. The Labute approximate surface area is 110 Å². The second kappa shape index (κ2) is 9.30. The molecule has 5 nitrogen and oxygen atoms in total. The molecule has 0 aromatic rings. The summed E-state index contributed by atoms with van der Waals surface area (Å²) in [5, 5.41) is 8.73. The summed E-state index contributed by atoms with van der Waals surface area (Å²) in [6, 6.07) is 0. The van der Waals surface area contributed by atoms with Crippen molar-refractivity contribution in [3.63, 3.8) is 0 Å². The van der Waals surface area contributed by atoms with Gasteiger partial charge in [-0.1, -0.05) is 0 Å².